The number of aromatic nitrogens is 4. The molecule has 2 aromatic rings. The van der Waals surface area contributed by atoms with E-state index >= 15 is 0 Å². The van der Waals surface area contributed by atoms with E-state index in [4.69, 9.17) is 4.74 Å². The lowest BCUT2D eigenvalue weighted by molar-refractivity contribution is 0.190. The largest absolute Gasteiger partial charge is 0.383 e. The Labute approximate surface area is 107 Å². The van der Waals surface area contributed by atoms with Crippen molar-refractivity contribution in [2.75, 3.05) is 19.0 Å². The van der Waals surface area contributed by atoms with Crippen molar-refractivity contribution in [2.24, 2.45) is 7.05 Å². The van der Waals surface area contributed by atoms with Gasteiger partial charge < -0.3 is 14.6 Å². The molecular weight excluding hydrogens is 230 g/mol. The molecule has 0 aliphatic carbocycles. The highest BCUT2D eigenvalue weighted by Crippen LogP contribution is 2.09. The van der Waals surface area contributed by atoms with Crippen LogP contribution < -0.4 is 5.32 Å². The van der Waals surface area contributed by atoms with Gasteiger partial charge in [-0.3, -0.25) is 4.68 Å². The van der Waals surface area contributed by atoms with Crippen LogP contribution in [0.15, 0.2) is 24.7 Å². The molecule has 0 aromatic carbocycles. The van der Waals surface area contributed by atoms with Gasteiger partial charge in [-0.05, 0) is 13.0 Å². The SMILES string of the molecule is COCC(C)Nc1nccn1Cc1ccn(C)n1. The maximum atomic E-state index is 5.10. The minimum atomic E-state index is 0.222. The van der Waals surface area contributed by atoms with Gasteiger partial charge in [0.25, 0.3) is 0 Å². The summed E-state index contributed by atoms with van der Waals surface area (Å²) in [6.07, 6.45) is 5.66. The Bertz CT molecular complexity index is 490. The zero-order valence-corrected chi connectivity index (χ0v) is 11.0. The number of hydrogen-bond donors (Lipinski definition) is 1. The fraction of sp³-hybridized carbons (Fsp3) is 0.500. The van der Waals surface area contributed by atoms with Crippen LogP contribution in [0.3, 0.4) is 0 Å². The lowest BCUT2D eigenvalue weighted by Crippen LogP contribution is -2.23. The molecule has 98 valence electrons. The maximum absolute atomic E-state index is 5.10. The summed E-state index contributed by atoms with van der Waals surface area (Å²) in [6, 6.07) is 2.22. The first-order valence-corrected chi connectivity index (χ1v) is 5.94. The second kappa shape index (κ2) is 5.68. The summed E-state index contributed by atoms with van der Waals surface area (Å²) in [5.74, 6) is 0.838. The standard InChI is InChI=1S/C12H19N5O/c1-10(9-18-3)14-12-13-5-7-17(12)8-11-4-6-16(2)15-11/h4-7,10H,8-9H2,1-3H3,(H,13,14). The van der Waals surface area contributed by atoms with E-state index in [9.17, 15) is 0 Å². The second-order valence-corrected chi connectivity index (χ2v) is 4.36. The summed E-state index contributed by atoms with van der Waals surface area (Å²) in [5.41, 5.74) is 1.01. The highest BCUT2D eigenvalue weighted by Gasteiger charge is 2.08. The van der Waals surface area contributed by atoms with Gasteiger partial charge in [0.1, 0.15) is 0 Å². The van der Waals surface area contributed by atoms with E-state index in [1.807, 2.05) is 30.1 Å². The smallest absolute Gasteiger partial charge is 0.203 e. The normalized spacial score (nSPS) is 12.6. The second-order valence-electron chi connectivity index (χ2n) is 4.36. The van der Waals surface area contributed by atoms with Crippen LogP contribution in [-0.2, 0) is 18.3 Å². The molecule has 2 rings (SSSR count). The lowest BCUT2D eigenvalue weighted by Gasteiger charge is -2.14. The Morgan fingerprint density at radius 3 is 2.94 bits per heavy atom. The molecule has 0 saturated heterocycles. The monoisotopic (exact) mass is 249 g/mol. The van der Waals surface area contributed by atoms with Crippen LogP contribution >= 0.6 is 0 Å². The van der Waals surface area contributed by atoms with Gasteiger partial charge in [0.05, 0.1) is 18.8 Å². The number of ether oxygens (including phenoxy) is 1. The highest BCUT2D eigenvalue weighted by molar-refractivity contribution is 5.28. The third-order valence-corrected chi connectivity index (χ3v) is 2.61. The third kappa shape index (κ3) is 3.10. The summed E-state index contributed by atoms with van der Waals surface area (Å²) in [6.45, 7) is 3.42. The van der Waals surface area contributed by atoms with Crippen LogP contribution in [0, 0.1) is 0 Å². The number of nitrogens with zero attached hydrogens (tertiary/aromatic N) is 4. The topological polar surface area (TPSA) is 56.9 Å². The summed E-state index contributed by atoms with van der Waals surface area (Å²) in [5, 5.41) is 7.67. The summed E-state index contributed by atoms with van der Waals surface area (Å²) in [7, 11) is 3.61. The fourth-order valence-electron chi connectivity index (χ4n) is 1.81. The summed E-state index contributed by atoms with van der Waals surface area (Å²) < 4.78 is 8.93. The van der Waals surface area contributed by atoms with E-state index in [1.165, 1.54) is 0 Å². The van der Waals surface area contributed by atoms with Crippen LogP contribution in [0.25, 0.3) is 0 Å². The lowest BCUT2D eigenvalue weighted by atomic mass is 10.4. The van der Waals surface area contributed by atoms with Crippen molar-refractivity contribution in [1.29, 1.82) is 0 Å². The molecular formula is C12H19N5O. The van der Waals surface area contributed by atoms with Crippen molar-refractivity contribution < 1.29 is 4.74 Å². The average Bonchev–Trinajstić information content (AvgIpc) is 2.90. The predicted molar refractivity (Wildman–Crippen MR) is 69.5 cm³/mol. The number of methoxy groups -OCH3 is 1. The van der Waals surface area contributed by atoms with Crippen LogP contribution in [-0.4, -0.2) is 39.1 Å². The molecule has 6 nitrogen and oxygen atoms in total. The number of anilines is 1. The number of nitrogens with one attached hydrogen (secondary N) is 1. The van der Waals surface area contributed by atoms with Crippen molar-refractivity contribution in [2.45, 2.75) is 19.5 Å². The first kappa shape index (κ1) is 12.6. The molecule has 0 saturated carbocycles. The first-order chi connectivity index (χ1) is 8.69. The van der Waals surface area contributed by atoms with Crippen molar-refractivity contribution in [3.63, 3.8) is 0 Å². The van der Waals surface area contributed by atoms with E-state index < -0.39 is 0 Å². The molecule has 0 aliphatic rings. The van der Waals surface area contributed by atoms with Crippen molar-refractivity contribution in [3.05, 3.63) is 30.4 Å². The molecule has 1 N–H and O–H groups in total. The molecule has 0 bridgehead atoms. The Morgan fingerprint density at radius 1 is 1.44 bits per heavy atom. The summed E-state index contributed by atoms with van der Waals surface area (Å²) >= 11 is 0. The molecule has 1 unspecified atom stereocenters. The predicted octanol–water partition coefficient (Wildman–Crippen LogP) is 1.11. The fourth-order valence-corrected chi connectivity index (χ4v) is 1.81. The average molecular weight is 249 g/mol. The quantitative estimate of drug-likeness (QED) is 0.833. The minimum Gasteiger partial charge on any atom is -0.383 e. The van der Waals surface area contributed by atoms with Crippen LogP contribution in [0.4, 0.5) is 5.95 Å². The Balaban J connectivity index is 2.03. The maximum Gasteiger partial charge on any atom is 0.203 e. The first-order valence-electron chi connectivity index (χ1n) is 5.94. The van der Waals surface area contributed by atoms with Crippen LogP contribution in [0.5, 0.6) is 0 Å². The highest BCUT2D eigenvalue weighted by atomic mass is 16.5. The number of aryl methyl sites for hydroxylation is 1. The van der Waals surface area contributed by atoms with E-state index in [1.54, 1.807) is 18.0 Å². The Kier molecular flexibility index (Phi) is 3.99. The molecule has 6 heteroatoms. The van der Waals surface area contributed by atoms with Gasteiger partial charge in [0.15, 0.2) is 0 Å². The molecule has 0 amide bonds. The van der Waals surface area contributed by atoms with Gasteiger partial charge in [-0.2, -0.15) is 5.10 Å². The van der Waals surface area contributed by atoms with Gasteiger partial charge in [-0.25, -0.2) is 4.98 Å². The number of imidazole rings is 1. The van der Waals surface area contributed by atoms with Crippen molar-refractivity contribution in [1.82, 2.24) is 19.3 Å². The molecule has 0 spiro atoms. The van der Waals surface area contributed by atoms with Gasteiger partial charge in [0.2, 0.25) is 5.95 Å². The molecule has 2 heterocycles. The van der Waals surface area contributed by atoms with E-state index in [0.29, 0.717) is 13.2 Å². The Morgan fingerprint density at radius 2 is 2.28 bits per heavy atom. The summed E-state index contributed by atoms with van der Waals surface area (Å²) in [4.78, 5) is 4.30. The zero-order chi connectivity index (χ0) is 13.0. The molecule has 18 heavy (non-hydrogen) atoms. The molecule has 2 aromatic heterocycles. The van der Waals surface area contributed by atoms with Gasteiger partial charge in [-0.1, -0.05) is 0 Å². The van der Waals surface area contributed by atoms with E-state index in [-0.39, 0.29) is 6.04 Å². The Hall–Kier alpha value is -1.82. The third-order valence-electron chi connectivity index (χ3n) is 2.61. The molecule has 0 fully saturated rings. The van der Waals surface area contributed by atoms with Crippen LogP contribution in [0.2, 0.25) is 0 Å². The van der Waals surface area contributed by atoms with E-state index in [0.717, 1.165) is 11.6 Å². The zero-order valence-electron chi connectivity index (χ0n) is 11.0. The number of rotatable bonds is 6. The van der Waals surface area contributed by atoms with Gasteiger partial charge >= 0.3 is 0 Å². The van der Waals surface area contributed by atoms with Crippen molar-refractivity contribution >= 4 is 5.95 Å². The molecule has 0 aliphatic heterocycles. The van der Waals surface area contributed by atoms with Gasteiger partial charge in [-0.15, -0.1) is 0 Å². The number of hydrogen-bond acceptors (Lipinski definition) is 4. The van der Waals surface area contributed by atoms with Crippen LogP contribution in [0.1, 0.15) is 12.6 Å². The van der Waals surface area contributed by atoms with Gasteiger partial charge in [0, 0.05) is 38.8 Å². The minimum absolute atomic E-state index is 0.222. The van der Waals surface area contributed by atoms with Crippen molar-refractivity contribution in [3.8, 4) is 0 Å². The van der Waals surface area contributed by atoms with E-state index in [2.05, 4.69) is 22.3 Å². The molecule has 0 radical (unpaired) electrons. The molecule has 1 atom stereocenters.